The fraction of sp³-hybridized carbons (Fsp3) is 0.321. The number of piperidine rings is 1. The van der Waals surface area contributed by atoms with Gasteiger partial charge in [0, 0.05) is 42.1 Å². The summed E-state index contributed by atoms with van der Waals surface area (Å²) in [5.74, 6) is 0.430. The molecule has 3 amide bonds. The number of hydrogen-bond acceptors (Lipinski definition) is 6. The van der Waals surface area contributed by atoms with Gasteiger partial charge in [0.05, 0.1) is 26.5 Å². The maximum Gasteiger partial charge on any atom is 0.256 e. The minimum absolute atomic E-state index is 0.0497. The molecule has 3 aromatic rings. The number of nitrogens with zero attached hydrogens (tertiary/aromatic N) is 2. The molecule has 9 nitrogen and oxygen atoms in total. The summed E-state index contributed by atoms with van der Waals surface area (Å²) in [5.41, 5.74) is -0.103. The molecule has 1 N–H and O–H groups in total. The number of amides is 3. The lowest BCUT2D eigenvalue weighted by Crippen LogP contribution is -2.59. The van der Waals surface area contributed by atoms with Gasteiger partial charge in [-0.05, 0) is 54.6 Å². The molecule has 0 aliphatic carbocycles. The number of rotatable bonds is 6. The first-order valence-corrected chi connectivity index (χ1v) is 12.7. The summed E-state index contributed by atoms with van der Waals surface area (Å²) in [5, 5.41) is 3.34. The van der Waals surface area contributed by atoms with E-state index in [-0.39, 0.29) is 30.9 Å². The van der Waals surface area contributed by atoms with Crippen LogP contribution in [0.5, 0.6) is 5.75 Å². The van der Waals surface area contributed by atoms with Crippen molar-refractivity contribution < 1.29 is 28.3 Å². The molecule has 1 aromatic heterocycles. The zero-order valence-electron chi connectivity index (χ0n) is 20.9. The van der Waals surface area contributed by atoms with Crippen molar-refractivity contribution in [2.45, 2.75) is 31.2 Å². The van der Waals surface area contributed by atoms with Crippen LogP contribution in [0.15, 0.2) is 71.3 Å². The van der Waals surface area contributed by atoms with Crippen molar-refractivity contribution in [2.75, 3.05) is 26.8 Å². The van der Waals surface area contributed by atoms with Crippen LogP contribution in [0.4, 0.5) is 0 Å². The van der Waals surface area contributed by atoms with Crippen molar-refractivity contribution in [3.05, 3.63) is 88.8 Å². The molecule has 5 rings (SSSR count). The Balaban J connectivity index is 1.37. The first-order valence-electron chi connectivity index (χ1n) is 12.4. The van der Waals surface area contributed by atoms with Crippen molar-refractivity contribution in [1.29, 1.82) is 0 Å². The smallest absolute Gasteiger partial charge is 0.256 e. The topological polar surface area (TPSA) is 101 Å². The number of carbonyl (C=O) groups excluding carboxylic acids is 3. The molecule has 2 aliphatic rings. The number of benzene rings is 2. The van der Waals surface area contributed by atoms with E-state index in [1.807, 2.05) is 0 Å². The van der Waals surface area contributed by atoms with E-state index in [4.69, 9.17) is 25.5 Å². The monoisotopic (exact) mass is 537 g/mol. The maximum atomic E-state index is 13.9. The number of methoxy groups -OCH3 is 1. The average molecular weight is 538 g/mol. The van der Waals surface area contributed by atoms with Gasteiger partial charge in [0.2, 0.25) is 5.91 Å². The largest absolute Gasteiger partial charge is 0.497 e. The van der Waals surface area contributed by atoms with Gasteiger partial charge in [-0.3, -0.25) is 19.3 Å². The van der Waals surface area contributed by atoms with Crippen LogP contribution >= 0.6 is 11.6 Å². The first kappa shape index (κ1) is 25.8. The first-order chi connectivity index (χ1) is 18.4. The summed E-state index contributed by atoms with van der Waals surface area (Å²) in [4.78, 5) is 43.5. The van der Waals surface area contributed by atoms with Crippen molar-refractivity contribution in [2.24, 2.45) is 0 Å². The molecular weight excluding hydrogens is 510 g/mol. The van der Waals surface area contributed by atoms with Gasteiger partial charge in [0.25, 0.3) is 11.8 Å². The number of nitrogens with one attached hydrogen (secondary N) is 1. The van der Waals surface area contributed by atoms with Gasteiger partial charge in [-0.25, -0.2) is 0 Å². The Morgan fingerprint density at radius 1 is 1.03 bits per heavy atom. The molecule has 0 saturated carbocycles. The van der Waals surface area contributed by atoms with E-state index in [0.29, 0.717) is 53.6 Å². The predicted octanol–water partition coefficient (Wildman–Crippen LogP) is 3.73. The van der Waals surface area contributed by atoms with E-state index in [1.165, 1.54) is 6.26 Å². The summed E-state index contributed by atoms with van der Waals surface area (Å²) in [7, 11) is 1.55. The highest BCUT2D eigenvalue weighted by molar-refractivity contribution is 6.30. The molecule has 2 saturated heterocycles. The molecule has 3 heterocycles. The fourth-order valence-electron chi connectivity index (χ4n) is 5.01. The lowest BCUT2D eigenvalue weighted by molar-refractivity contribution is -0.128. The maximum absolute atomic E-state index is 13.9. The molecule has 2 fully saturated rings. The summed E-state index contributed by atoms with van der Waals surface area (Å²) in [6.45, 7) is 0.965. The number of carbonyl (C=O) groups is 3. The molecule has 0 bridgehead atoms. The van der Waals surface area contributed by atoms with Crippen LogP contribution in [0, 0.1) is 0 Å². The van der Waals surface area contributed by atoms with Gasteiger partial charge in [-0.1, -0.05) is 17.7 Å². The van der Waals surface area contributed by atoms with Crippen molar-refractivity contribution in [3.63, 3.8) is 0 Å². The lowest BCUT2D eigenvalue weighted by Gasteiger charge is -2.44. The Labute approximate surface area is 225 Å². The van der Waals surface area contributed by atoms with Crippen LogP contribution in [0.3, 0.4) is 0 Å². The van der Waals surface area contributed by atoms with Gasteiger partial charge in [-0.15, -0.1) is 0 Å². The zero-order valence-corrected chi connectivity index (χ0v) is 21.6. The summed E-state index contributed by atoms with van der Waals surface area (Å²) in [6.07, 6.45) is 2.26. The van der Waals surface area contributed by atoms with Crippen molar-refractivity contribution in [3.8, 4) is 5.75 Å². The van der Waals surface area contributed by atoms with Crippen LogP contribution in [0.1, 0.15) is 39.3 Å². The number of hydrogen-bond donors (Lipinski definition) is 1. The van der Waals surface area contributed by atoms with Crippen molar-refractivity contribution in [1.82, 2.24) is 15.1 Å². The highest BCUT2D eigenvalue weighted by Gasteiger charge is 2.54. The number of furan rings is 1. The Bertz CT molecular complexity index is 1300. The second-order valence-electron chi connectivity index (χ2n) is 9.28. The highest BCUT2D eigenvalue weighted by atomic mass is 35.5. The summed E-state index contributed by atoms with van der Waals surface area (Å²) < 4.78 is 16.8. The van der Waals surface area contributed by atoms with Gasteiger partial charge in [-0.2, -0.15) is 0 Å². The average Bonchev–Trinajstić information content (AvgIpc) is 3.60. The molecule has 0 radical (unpaired) electrons. The Morgan fingerprint density at radius 2 is 1.79 bits per heavy atom. The Hall–Kier alpha value is -3.82. The van der Waals surface area contributed by atoms with E-state index >= 15 is 0 Å². The van der Waals surface area contributed by atoms with E-state index in [1.54, 1.807) is 77.6 Å². The van der Waals surface area contributed by atoms with Gasteiger partial charge < -0.3 is 24.1 Å². The van der Waals surface area contributed by atoms with Crippen LogP contribution in [-0.4, -0.2) is 66.1 Å². The van der Waals surface area contributed by atoms with Crippen LogP contribution in [-0.2, 0) is 16.1 Å². The summed E-state index contributed by atoms with van der Waals surface area (Å²) >= 11 is 6.07. The SMILES string of the molecule is COc1ccc(C(=O)N2C(C(=O)NCc3ccco3)COC23CCN(C(=O)c2cccc(Cl)c2)CC3)cc1. The van der Waals surface area contributed by atoms with E-state index in [2.05, 4.69) is 5.32 Å². The van der Waals surface area contributed by atoms with Crippen LogP contribution in [0.2, 0.25) is 5.02 Å². The van der Waals surface area contributed by atoms with Gasteiger partial charge >= 0.3 is 0 Å². The fourth-order valence-corrected chi connectivity index (χ4v) is 5.20. The molecule has 1 spiro atoms. The molecule has 1 unspecified atom stereocenters. The lowest BCUT2D eigenvalue weighted by atomic mass is 9.96. The molecule has 2 aromatic carbocycles. The molecule has 1 atom stereocenters. The Morgan fingerprint density at radius 3 is 2.45 bits per heavy atom. The highest BCUT2D eigenvalue weighted by Crippen LogP contribution is 2.39. The van der Waals surface area contributed by atoms with E-state index in [0.717, 1.165) is 0 Å². The van der Waals surface area contributed by atoms with E-state index < -0.39 is 11.8 Å². The zero-order chi connectivity index (χ0) is 26.7. The molecule has 10 heteroatoms. The Kier molecular flexibility index (Phi) is 7.40. The minimum atomic E-state index is -1.02. The standard InChI is InChI=1S/C28H28ClN3O6/c1-36-22-9-7-19(8-10-22)27(35)32-24(25(33)30-17-23-6-3-15-37-23)18-38-28(32)11-13-31(14-12-28)26(34)20-4-2-5-21(29)16-20/h2-10,15-16,24H,11-14,17-18H2,1H3,(H,30,33). The second-order valence-corrected chi connectivity index (χ2v) is 9.71. The molecular formula is C28H28ClN3O6. The second kappa shape index (κ2) is 10.9. The third-order valence-electron chi connectivity index (χ3n) is 7.04. The van der Waals surface area contributed by atoms with Crippen molar-refractivity contribution >= 4 is 29.3 Å². The molecule has 198 valence electrons. The van der Waals surface area contributed by atoms with Gasteiger partial charge in [0.1, 0.15) is 23.3 Å². The van der Waals surface area contributed by atoms with Crippen LogP contribution in [0.25, 0.3) is 0 Å². The van der Waals surface area contributed by atoms with Crippen LogP contribution < -0.4 is 10.1 Å². The molecule has 38 heavy (non-hydrogen) atoms. The third kappa shape index (κ3) is 5.12. The quantitative estimate of drug-likeness (QED) is 0.514. The third-order valence-corrected chi connectivity index (χ3v) is 7.27. The van der Waals surface area contributed by atoms with Gasteiger partial charge in [0.15, 0.2) is 0 Å². The molecule has 2 aliphatic heterocycles. The number of likely N-dealkylation sites (tertiary alicyclic amines) is 1. The number of ether oxygens (including phenoxy) is 2. The predicted molar refractivity (Wildman–Crippen MR) is 139 cm³/mol. The van der Waals surface area contributed by atoms with E-state index in [9.17, 15) is 14.4 Å². The minimum Gasteiger partial charge on any atom is -0.497 e. The normalized spacial score (nSPS) is 18.4. The number of halogens is 1. The summed E-state index contributed by atoms with van der Waals surface area (Å²) in [6, 6.07) is 16.2.